The number of carbonyl (C=O) groups is 1. The number of aromatic amines is 1. The van der Waals surface area contributed by atoms with Gasteiger partial charge in [-0.25, -0.2) is 0 Å². The number of anilines is 1. The molecule has 112 valence electrons. The van der Waals surface area contributed by atoms with E-state index in [0.29, 0.717) is 11.4 Å². The van der Waals surface area contributed by atoms with Crippen molar-refractivity contribution in [1.82, 2.24) is 15.1 Å². The second-order valence-corrected chi connectivity index (χ2v) is 6.06. The summed E-state index contributed by atoms with van der Waals surface area (Å²) < 4.78 is 0. The van der Waals surface area contributed by atoms with Gasteiger partial charge in [-0.2, -0.15) is 5.10 Å². The smallest absolute Gasteiger partial charge is 0.275 e. The van der Waals surface area contributed by atoms with Crippen LogP contribution in [-0.4, -0.2) is 34.1 Å². The Morgan fingerprint density at radius 2 is 2.19 bits per heavy atom. The minimum Gasteiger partial charge on any atom is -0.399 e. The largest absolute Gasteiger partial charge is 0.399 e. The van der Waals surface area contributed by atoms with Crippen molar-refractivity contribution in [2.75, 3.05) is 18.8 Å². The summed E-state index contributed by atoms with van der Waals surface area (Å²) >= 11 is 0. The number of rotatable bonds is 3. The monoisotopic (exact) mass is 286 g/mol. The predicted octanol–water partition coefficient (Wildman–Crippen LogP) is 2.80. The number of hydrogen-bond acceptors (Lipinski definition) is 3. The van der Waals surface area contributed by atoms with Crippen molar-refractivity contribution in [1.29, 1.82) is 0 Å². The summed E-state index contributed by atoms with van der Waals surface area (Å²) in [5.41, 5.74) is 8.09. The van der Waals surface area contributed by atoms with Crippen LogP contribution in [0.15, 0.2) is 18.2 Å². The molecule has 0 spiro atoms. The first kappa shape index (κ1) is 13.9. The molecule has 0 radical (unpaired) electrons. The molecule has 0 unspecified atom stereocenters. The van der Waals surface area contributed by atoms with Crippen LogP contribution in [0.5, 0.6) is 0 Å². The molecular formula is C16H22N4O. The number of fused-ring (bicyclic) bond motifs is 1. The highest BCUT2D eigenvalue weighted by Crippen LogP contribution is 2.37. The quantitative estimate of drug-likeness (QED) is 0.852. The Kier molecular flexibility index (Phi) is 3.35. The molecule has 2 heterocycles. The number of nitrogens with two attached hydrogens (primary N) is 1. The molecule has 1 saturated heterocycles. The van der Waals surface area contributed by atoms with Crippen molar-refractivity contribution < 1.29 is 4.79 Å². The van der Waals surface area contributed by atoms with Gasteiger partial charge in [0.15, 0.2) is 5.69 Å². The van der Waals surface area contributed by atoms with E-state index in [1.807, 2.05) is 23.1 Å². The lowest BCUT2D eigenvalue weighted by molar-refractivity contribution is 0.0766. The zero-order valence-corrected chi connectivity index (χ0v) is 12.6. The lowest BCUT2D eigenvalue weighted by Crippen LogP contribution is -2.32. The third kappa shape index (κ3) is 2.26. The van der Waals surface area contributed by atoms with Crippen LogP contribution in [0.2, 0.25) is 0 Å². The third-order valence-corrected chi connectivity index (χ3v) is 5.02. The Balaban J connectivity index is 1.90. The number of nitrogens with zero attached hydrogens (tertiary/aromatic N) is 2. The van der Waals surface area contributed by atoms with Gasteiger partial charge in [0.1, 0.15) is 0 Å². The van der Waals surface area contributed by atoms with Crippen molar-refractivity contribution in [3.8, 4) is 0 Å². The van der Waals surface area contributed by atoms with E-state index in [-0.39, 0.29) is 11.3 Å². The maximum Gasteiger partial charge on any atom is 0.275 e. The number of nitrogens with one attached hydrogen (secondary N) is 1. The van der Waals surface area contributed by atoms with Crippen LogP contribution in [0, 0.1) is 5.41 Å². The molecule has 1 aromatic heterocycles. The zero-order chi connectivity index (χ0) is 15.0. The summed E-state index contributed by atoms with van der Waals surface area (Å²) in [6, 6.07) is 5.49. The van der Waals surface area contributed by atoms with Gasteiger partial charge in [-0.05, 0) is 42.9 Å². The van der Waals surface area contributed by atoms with Crippen LogP contribution >= 0.6 is 0 Å². The topological polar surface area (TPSA) is 75.0 Å². The Labute approximate surface area is 124 Å². The van der Waals surface area contributed by atoms with E-state index < -0.39 is 0 Å². The van der Waals surface area contributed by atoms with Crippen LogP contribution in [-0.2, 0) is 0 Å². The van der Waals surface area contributed by atoms with E-state index in [2.05, 4.69) is 24.0 Å². The van der Waals surface area contributed by atoms with Crippen molar-refractivity contribution in [2.24, 2.45) is 5.41 Å². The first-order valence-electron chi connectivity index (χ1n) is 7.61. The van der Waals surface area contributed by atoms with Gasteiger partial charge in [-0.1, -0.05) is 13.8 Å². The fourth-order valence-electron chi connectivity index (χ4n) is 3.28. The molecular weight excluding hydrogens is 264 g/mol. The lowest BCUT2D eigenvalue weighted by Gasteiger charge is -2.26. The fourth-order valence-corrected chi connectivity index (χ4v) is 3.28. The number of H-pyrrole nitrogens is 1. The molecule has 1 aromatic carbocycles. The molecule has 3 rings (SSSR count). The van der Waals surface area contributed by atoms with Gasteiger partial charge in [0.2, 0.25) is 0 Å². The standard InChI is InChI=1S/C16H22N4O/c1-3-16(4-2)7-8-20(10-16)15(21)14-12-9-11(17)5-6-13(12)18-19-14/h5-6,9H,3-4,7-8,10,17H2,1-2H3,(H,18,19). The summed E-state index contributed by atoms with van der Waals surface area (Å²) in [6.45, 7) is 6.07. The Morgan fingerprint density at radius 3 is 2.86 bits per heavy atom. The maximum atomic E-state index is 12.8. The summed E-state index contributed by atoms with van der Waals surface area (Å²) in [6.07, 6.45) is 3.30. The average Bonchev–Trinajstić information content (AvgIpc) is 3.11. The van der Waals surface area contributed by atoms with Crippen molar-refractivity contribution >= 4 is 22.5 Å². The van der Waals surface area contributed by atoms with Gasteiger partial charge in [-0.15, -0.1) is 0 Å². The van der Waals surface area contributed by atoms with Gasteiger partial charge in [0.05, 0.1) is 5.52 Å². The molecule has 0 saturated carbocycles. The van der Waals surface area contributed by atoms with Gasteiger partial charge in [0, 0.05) is 24.2 Å². The van der Waals surface area contributed by atoms with E-state index in [0.717, 1.165) is 43.3 Å². The molecule has 1 fully saturated rings. The van der Waals surface area contributed by atoms with E-state index >= 15 is 0 Å². The van der Waals surface area contributed by atoms with Crippen LogP contribution in [0.1, 0.15) is 43.6 Å². The highest BCUT2D eigenvalue weighted by Gasteiger charge is 2.38. The molecule has 1 aliphatic rings. The van der Waals surface area contributed by atoms with E-state index in [4.69, 9.17) is 5.73 Å². The molecule has 21 heavy (non-hydrogen) atoms. The first-order valence-corrected chi connectivity index (χ1v) is 7.61. The van der Waals surface area contributed by atoms with Crippen molar-refractivity contribution in [3.63, 3.8) is 0 Å². The average molecular weight is 286 g/mol. The maximum absolute atomic E-state index is 12.8. The molecule has 5 heteroatoms. The third-order valence-electron chi connectivity index (χ3n) is 5.02. The minimum absolute atomic E-state index is 0.00984. The predicted molar refractivity (Wildman–Crippen MR) is 84.0 cm³/mol. The van der Waals surface area contributed by atoms with Gasteiger partial charge >= 0.3 is 0 Å². The molecule has 2 aromatic rings. The van der Waals surface area contributed by atoms with Crippen molar-refractivity contribution in [3.05, 3.63) is 23.9 Å². The number of carbonyl (C=O) groups excluding carboxylic acids is 1. The SMILES string of the molecule is CCC1(CC)CCN(C(=O)c2n[nH]c3ccc(N)cc23)C1. The van der Waals surface area contributed by atoms with Crippen LogP contribution in [0.25, 0.3) is 10.9 Å². The van der Waals surface area contributed by atoms with Crippen LogP contribution in [0.4, 0.5) is 5.69 Å². The van der Waals surface area contributed by atoms with Gasteiger partial charge < -0.3 is 10.6 Å². The molecule has 5 nitrogen and oxygen atoms in total. The molecule has 1 aliphatic heterocycles. The number of nitrogen functional groups attached to an aromatic ring is 1. The van der Waals surface area contributed by atoms with Gasteiger partial charge in [-0.3, -0.25) is 9.89 Å². The van der Waals surface area contributed by atoms with E-state index in [1.165, 1.54) is 0 Å². The highest BCUT2D eigenvalue weighted by atomic mass is 16.2. The minimum atomic E-state index is 0.00984. The number of likely N-dealkylation sites (tertiary alicyclic amines) is 1. The van der Waals surface area contributed by atoms with E-state index in [9.17, 15) is 4.79 Å². The molecule has 0 atom stereocenters. The summed E-state index contributed by atoms with van der Waals surface area (Å²) in [5, 5.41) is 7.93. The first-order chi connectivity index (χ1) is 10.1. The summed E-state index contributed by atoms with van der Waals surface area (Å²) in [5.74, 6) is 0.00984. The zero-order valence-electron chi connectivity index (χ0n) is 12.6. The van der Waals surface area contributed by atoms with Gasteiger partial charge in [0.25, 0.3) is 5.91 Å². The Bertz CT molecular complexity index is 672. The van der Waals surface area contributed by atoms with Crippen LogP contribution in [0.3, 0.4) is 0 Å². The summed E-state index contributed by atoms with van der Waals surface area (Å²) in [4.78, 5) is 14.7. The number of hydrogen-bond donors (Lipinski definition) is 2. The van der Waals surface area contributed by atoms with E-state index in [1.54, 1.807) is 0 Å². The Hall–Kier alpha value is -2.04. The highest BCUT2D eigenvalue weighted by molar-refractivity contribution is 6.05. The molecule has 0 aliphatic carbocycles. The number of benzene rings is 1. The molecule has 3 N–H and O–H groups in total. The molecule has 0 bridgehead atoms. The normalized spacial score (nSPS) is 17.5. The lowest BCUT2D eigenvalue weighted by atomic mass is 9.82. The van der Waals surface area contributed by atoms with Crippen LogP contribution < -0.4 is 5.73 Å². The Morgan fingerprint density at radius 1 is 1.43 bits per heavy atom. The summed E-state index contributed by atoms with van der Waals surface area (Å²) in [7, 11) is 0. The number of amides is 1. The number of aromatic nitrogens is 2. The second kappa shape index (κ2) is 5.06. The second-order valence-electron chi connectivity index (χ2n) is 6.06. The van der Waals surface area contributed by atoms with Crippen molar-refractivity contribution in [2.45, 2.75) is 33.1 Å². The molecule has 1 amide bonds. The fraction of sp³-hybridized carbons (Fsp3) is 0.500.